The van der Waals surface area contributed by atoms with Crippen LogP contribution in [0.3, 0.4) is 0 Å². The molecule has 0 aromatic heterocycles. The third-order valence-electron chi connectivity index (χ3n) is 2.55. The maximum absolute atomic E-state index is 11.5. The molecule has 0 heterocycles. The van der Waals surface area contributed by atoms with Crippen molar-refractivity contribution in [2.45, 2.75) is 12.8 Å². The van der Waals surface area contributed by atoms with Crippen molar-refractivity contribution in [1.29, 1.82) is 0 Å². The molecule has 1 aromatic carbocycles. The molecule has 1 aromatic rings. The van der Waals surface area contributed by atoms with Crippen LogP contribution in [0.4, 0.5) is 5.69 Å². The summed E-state index contributed by atoms with van der Waals surface area (Å²) in [5.74, 6) is 0.351. The molecule has 0 atom stereocenters. The van der Waals surface area contributed by atoms with Crippen molar-refractivity contribution in [3.63, 3.8) is 0 Å². The molecule has 5 nitrogen and oxygen atoms in total. The Morgan fingerprint density at radius 3 is 2.73 bits per heavy atom. The highest BCUT2D eigenvalue weighted by Gasteiger charge is 2.30. The highest BCUT2D eigenvalue weighted by molar-refractivity contribution is 6.04. The quantitative estimate of drug-likeness (QED) is 0.547. The second-order valence-electron chi connectivity index (χ2n) is 3.32. The van der Waals surface area contributed by atoms with Crippen LogP contribution < -0.4 is 4.74 Å². The van der Waals surface area contributed by atoms with Crippen molar-refractivity contribution in [2.75, 3.05) is 7.11 Å². The number of methoxy groups -OCH3 is 1. The van der Waals surface area contributed by atoms with E-state index < -0.39 is 4.92 Å². The van der Waals surface area contributed by atoms with Crippen molar-refractivity contribution >= 4 is 11.5 Å². The second-order valence-corrected chi connectivity index (χ2v) is 3.32. The van der Waals surface area contributed by atoms with Crippen LogP contribution in [0.15, 0.2) is 12.1 Å². The van der Waals surface area contributed by atoms with Crippen LogP contribution in [0.5, 0.6) is 5.75 Å². The summed E-state index contributed by atoms with van der Waals surface area (Å²) in [7, 11) is 1.45. The minimum atomic E-state index is -0.461. The van der Waals surface area contributed by atoms with Crippen molar-refractivity contribution < 1.29 is 14.5 Å². The first-order valence-electron chi connectivity index (χ1n) is 4.52. The summed E-state index contributed by atoms with van der Waals surface area (Å²) >= 11 is 0. The Balaban J connectivity index is 2.68. The molecule has 0 radical (unpaired) electrons. The summed E-state index contributed by atoms with van der Waals surface area (Å²) in [6.45, 7) is 0. The zero-order chi connectivity index (χ0) is 11.0. The number of hydrogen-bond donors (Lipinski definition) is 0. The molecule has 78 valence electrons. The predicted molar refractivity (Wildman–Crippen MR) is 52.3 cm³/mol. The maximum atomic E-state index is 11.5. The van der Waals surface area contributed by atoms with E-state index >= 15 is 0 Å². The SMILES string of the molecule is COc1ccc([N+](=O)[O-])c2c1C(=O)CC2. The Bertz CT molecular complexity index is 453. The number of Topliss-reactive ketones (excluding diaryl/α,β-unsaturated/α-hetero) is 1. The van der Waals surface area contributed by atoms with Gasteiger partial charge in [0.15, 0.2) is 5.78 Å². The number of carbonyl (C=O) groups is 1. The van der Waals surface area contributed by atoms with Gasteiger partial charge in [-0.3, -0.25) is 14.9 Å². The van der Waals surface area contributed by atoms with Crippen LogP contribution in [0.1, 0.15) is 22.3 Å². The van der Waals surface area contributed by atoms with Gasteiger partial charge in [-0.1, -0.05) is 0 Å². The summed E-state index contributed by atoms with van der Waals surface area (Å²) in [5, 5.41) is 10.7. The number of fused-ring (bicyclic) bond motifs is 1. The summed E-state index contributed by atoms with van der Waals surface area (Å²) in [5.41, 5.74) is 0.896. The lowest BCUT2D eigenvalue weighted by atomic mass is 10.1. The van der Waals surface area contributed by atoms with Crippen molar-refractivity contribution in [2.24, 2.45) is 0 Å². The van der Waals surface area contributed by atoms with E-state index in [1.807, 2.05) is 0 Å². The number of ether oxygens (including phenoxy) is 1. The standard InChI is InChI=1S/C10H9NO4/c1-15-9-5-3-7(11(13)14)6-2-4-8(12)10(6)9/h3,5H,2,4H2,1H3. The summed E-state index contributed by atoms with van der Waals surface area (Å²) < 4.78 is 5.02. The van der Waals surface area contributed by atoms with Gasteiger partial charge in [0, 0.05) is 18.1 Å². The highest BCUT2D eigenvalue weighted by atomic mass is 16.6. The molecule has 0 amide bonds. The molecule has 0 saturated carbocycles. The normalized spacial score (nSPS) is 13.8. The third kappa shape index (κ3) is 1.36. The number of nitro groups is 1. The Kier molecular flexibility index (Phi) is 2.15. The lowest BCUT2D eigenvalue weighted by molar-refractivity contribution is -0.385. The molecule has 2 rings (SSSR count). The van der Waals surface area contributed by atoms with E-state index in [0.717, 1.165) is 0 Å². The van der Waals surface area contributed by atoms with E-state index in [4.69, 9.17) is 4.74 Å². The molecular formula is C10H9NO4. The van der Waals surface area contributed by atoms with Gasteiger partial charge in [-0.2, -0.15) is 0 Å². The van der Waals surface area contributed by atoms with Crippen LogP contribution in [0, 0.1) is 10.1 Å². The maximum Gasteiger partial charge on any atom is 0.273 e. The molecular weight excluding hydrogens is 198 g/mol. The van der Waals surface area contributed by atoms with Crippen molar-refractivity contribution in [3.05, 3.63) is 33.4 Å². The minimum absolute atomic E-state index is 0.0108. The second kappa shape index (κ2) is 3.34. The van der Waals surface area contributed by atoms with E-state index in [-0.39, 0.29) is 11.5 Å². The van der Waals surface area contributed by atoms with E-state index in [1.54, 1.807) is 0 Å². The van der Waals surface area contributed by atoms with Gasteiger partial charge in [0.1, 0.15) is 5.75 Å². The van der Waals surface area contributed by atoms with Crippen LogP contribution in [-0.2, 0) is 6.42 Å². The molecule has 0 N–H and O–H groups in total. The third-order valence-corrected chi connectivity index (χ3v) is 2.55. The molecule has 15 heavy (non-hydrogen) atoms. The number of ketones is 1. The van der Waals surface area contributed by atoms with Crippen LogP contribution in [0.2, 0.25) is 0 Å². The number of nitro benzene ring substituents is 1. The zero-order valence-corrected chi connectivity index (χ0v) is 8.15. The first-order chi connectivity index (χ1) is 7.15. The summed E-state index contributed by atoms with van der Waals surface area (Å²) in [6, 6.07) is 2.86. The van der Waals surface area contributed by atoms with Crippen molar-refractivity contribution in [1.82, 2.24) is 0 Å². The number of carbonyl (C=O) groups excluding carboxylic acids is 1. The van der Waals surface area contributed by atoms with E-state index in [0.29, 0.717) is 29.7 Å². The number of rotatable bonds is 2. The van der Waals surface area contributed by atoms with Gasteiger partial charge in [0.25, 0.3) is 5.69 Å². The first kappa shape index (κ1) is 9.64. The van der Waals surface area contributed by atoms with Gasteiger partial charge in [-0.05, 0) is 12.5 Å². The van der Waals surface area contributed by atoms with E-state index in [2.05, 4.69) is 0 Å². The Hall–Kier alpha value is -1.91. The first-order valence-corrected chi connectivity index (χ1v) is 4.52. The lowest BCUT2D eigenvalue weighted by Crippen LogP contribution is -2.00. The minimum Gasteiger partial charge on any atom is -0.496 e. The van der Waals surface area contributed by atoms with Gasteiger partial charge in [-0.25, -0.2) is 0 Å². The number of hydrogen-bond acceptors (Lipinski definition) is 4. The molecule has 0 bridgehead atoms. The fourth-order valence-electron chi connectivity index (χ4n) is 1.88. The molecule has 1 aliphatic carbocycles. The fraction of sp³-hybridized carbons (Fsp3) is 0.300. The molecule has 1 aliphatic rings. The summed E-state index contributed by atoms with van der Waals surface area (Å²) in [4.78, 5) is 21.8. The number of benzene rings is 1. The molecule has 0 saturated heterocycles. The molecule has 0 unspecified atom stereocenters. The fourth-order valence-corrected chi connectivity index (χ4v) is 1.88. The largest absolute Gasteiger partial charge is 0.496 e. The van der Waals surface area contributed by atoms with Crippen molar-refractivity contribution in [3.8, 4) is 5.75 Å². The monoisotopic (exact) mass is 207 g/mol. The van der Waals surface area contributed by atoms with Crippen LogP contribution in [0.25, 0.3) is 0 Å². The van der Waals surface area contributed by atoms with Gasteiger partial charge >= 0.3 is 0 Å². The zero-order valence-electron chi connectivity index (χ0n) is 8.15. The van der Waals surface area contributed by atoms with Gasteiger partial charge in [0.2, 0.25) is 0 Å². The Morgan fingerprint density at radius 2 is 2.13 bits per heavy atom. The smallest absolute Gasteiger partial charge is 0.273 e. The Labute approximate surface area is 85.8 Å². The molecule has 0 aliphatic heterocycles. The van der Waals surface area contributed by atoms with Gasteiger partial charge in [0.05, 0.1) is 17.6 Å². The van der Waals surface area contributed by atoms with Crippen LogP contribution in [-0.4, -0.2) is 17.8 Å². The average Bonchev–Trinajstić information content (AvgIpc) is 2.60. The van der Waals surface area contributed by atoms with Gasteiger partial charge < -0.3 is 4.74 Å². The van der Waals surface area contributed by atoms with Crippen LogP contribution >= 0.6 is 0 Å². The Morgan fingerprint density at radius 1 is 1.40 bits per heavy atom. The predicted octanol–water partition coefficient (Wildman–Crippen LogP) is 1.73. The molecule has 5 heteroatoms. The highest BCUT2D eigenvalue weighted by Crippen LogP contribution is 2.36. The topological polar surface area (TPSA) is 69.4 Å². The average molecular weight is 207 g/mol. The molecule has 0 spiro atoms. The lowest BCUT2D eigenvalue weighted by Gasteiger charge is -2.05. The number of nitrogens with zero attached hydrogens (tertiary/aromatic N) is 1. The summed E-state index contributed by atoms with van der Waals surface area (Å²) in [6.07, 6.45) is 0.762. The van der Waals surface area contributed by atoms with E-state index in [1.165, 1.54) is 19.2 Å². The molecule has 0 fully saturated rings. The van der Waals surface area contributed by atoms with Gasteiger partial charge in [-0.15, -0.1) is 0 Å². The van der Waals surface area contributed by atoms with E-state index in [9.17, 15) is 14.9 Å².